The molecule has 1 unspecified atom stereocenters. The Kier molecular flexibility index (Phi) is 8.38. The maximum atomic E-state index is 12.4. The molecule has 25 heavy (non-hydrogen) atoms. The number of rotatable bonds is 9. The summed E-state index contributed by atoms with van der Waals surface area (Å²) in [4.78, 5) is 12.4. The van der Waals surface area contributed by atoms with E-state index >= 15 is 0 Å². The molecule has 0 bridgehead atoms. The molecule has 0 spiro atoms. The number of hydrogen-bond donors (Lipinski definition) is 2. The van der Waals surface area contributed by atoms with Gasteiger partial charge in [-0.2, -0.15) is 0 Å². The van der Waals surface area contributed by atoms with E-state index in [-0.39, 0.29) is 35.4 Å². The highest BCUT2D eigenvalue weighted by Crippen LogP contribution is 2.39. The summed E-state index contributed by atoms with van der Waals surface area (Å²) in [6.45, 7) is 19.4. The Balaban J connectivity index is 4.92. The van der Waals surface area contributed by atoms with E-state index < -0.39 is 11.5 Å². The van der Waals surface area contributed by atoms with E-state index in [1.165, 1.54) is 0 Å². The van der Waals surface area contributed by atoms with Crippen molar-refractivity contribution in [1.82, 2.24) is 0 Å². The standard InChI is InChI=1S/C21H41NO3/c1-18(2,3)14-19(4,5)10-11-20(6,7)15-21(8,9)17(24)25-13-16(23)12-22/h10-11,16,23H,12-15,22H2,1-9H3. The van der Waals surface area contributed by atoms with E-state index in [1.54, 1.807) is 0 Å². The van der Waals surface area contributed by atoms with Crippen LogP contribution in [0.15, 0.2) is 12.2 Å². The minimum atomic E-state index is -0.800. The minimum absolute atomic E-state index is 0.0480. The van der Waals surface area contributed by atoms with Crippen LogP contribution in [0.4, 0.5) is 0 Å². The molecule has 1 atom stereocenters. The molecule has 148 valence electrons. The lowest BCUT2D eigenvalue weighted by molar-refractivity contribution is -0.158. The monoisotopic (exact) mass is 355 g/mol. The lowest BCUT2D eigenvalue weighted by atomic mass is 9.72. The van der Waals surface area contributed by atoms with Crippen LogP contribution in [0.25, 0.3) is 0 Å². The zero-order chi connectivity index (χ0) is 20.1. The number of aliphatic hydroxyl groups is 1. The lowest BCUT2D eigenvalue weighted by Gasteiger charge is -2.34. The molecule has 0 aliphatic carbocycles. The molecule has 0 heterocycles. The second-order valence-corrected chi connectivity index (χ2v) is 10.6. The van der Waals surface area contributed by atoms with Gasteiger partial charge in [-0.15, -0.1) is 0 Å². The Bertz CT molecular complexity index is 456. The van der Waals surface area contributed by atoms with Gasteiger partial charge in [0.2, 0.25) is 0 Å². The molecule has 0 aliphatic heterocycles. The quantitative estimate of drug-likeness (QED) is 0.477. The fourth-order valence-corrected chi connectivity index (χ4v) is 3.58. The van der Waals surface area contributed by atoms with Gasteiger partial charge < -0.3 is 15.6 Å². The maximum Gasteiger partial charge on any atom is 0.311 e. The van der Waals surface area contributed by atoms with Crippen molar-refractivity contribution < 1.29 is 14.6 Å². The number of carbonyl (C=O) groups excluding carboxylic acids is 1. The molecule has 0 saturated heterocycles. The van der Waals surface area contributed by atoms with Gasteiger partial charge in [0, 0.05) is 6.54 Å². The van der Waals surface area contributed by atoms with Gasteiger partial charge in [0.1, 0.15) is 12.7 Å². The molecule has 4 heteroatoms. The third kappa shape index (κ3) is 10.7. The third-order valence-corrected chi connectivity index (χ3v) is 4.10. The smallest absolute Gasteiger partial charge is 0.311 e. The van der Waals surface area contributed by atoms with Gasteiger partial charge in [0.05, 0.1) is 5.41 Å². The van der Waals surface area contributed by atoms with Crippen molar-refractivity contribution in [2.45, 2.75) is 81.3 Å². The van der Waals surface area contributed by atoms with Crippen molar-refractivity contribution in [3.8, 4) is 0 Å². The molecule has 0 aromatic carbocycles. The second kappa shape index (κ2) is 8.68. The number of ether oxygens (including phenoxy) is 1. The molecule has 0 radical (unpaired) electrons. The van der Waals surface area contributed by atoms with Gasteiger partial charge in [0.25, 0.3) is 0 Å². The van der Waals surface area contributed by atoms with Crippen molar-refractivity contribution in [2.75, 3.05) is 13.2 Å². The molecular formula is C21H41NO3. The first kappa shape index (κ1) is 24.1. The Morgan fingerprint density at radius 1 is 0.960 bits per heavy atom. The fraction of sp³-hybridized carbons (Fsp3) is 0.857. The van der Waals surface area contributed by atoms with Gasteiger partial charge in [-0.05, 0) is 42.9 Å². The predicted molar refractivity (Wildman–Crippen MR) is 105 cm³/mol. The first-order chi connectivity index (χ1) is 11.0. The van der Waals surface area contributed by atoms with Crippen LogP contribution in [-0.4, -0.2) is 30.3 Å². The molecule has 3 N–H and O–H groups in total. The molecule has 0 rings (SSSR count). The van der Waals surface area contributed by atoms with Crippen LogP contribution in [-0.2, 0) is 9.53 Å². The number of allylic oxidation sites excluding steroid dienone is 2. The normalized spacial score (nSPS) is 15.5. The molecule has 4 nitrogen and oxygen atoms in total. The van der Waals surface area contributed by atoms with Gasteiger partial charge in [-0.3, -0.25) is 4.79 Å². The second-order valence-electron chi connectivity index (χ2n) is 10.6. The van der Waals surface area contributed by atoms with Gasteiger partial charge in [-0.25, -0.2) is 0 Å². The molecule has 0 aromatic rings. The van der Waals surface area contributed by atoms with E-state index in [2.05, 4.69) is 60.6 Å². The number of aliphatic hydroxyl groups excluding tert-OH is 1. The summed E-state index contributed by atoms with van der Waals surface area (Å²) in [5.41, 5.74) is 4.95. The molecule has 0 amide bonds. The van der Waals surface area contributed by atoms with E-state index in [4.69, 9.17) is 10.5 Å². The lowest BCUT2D eigenvalue weighted by Crippen LogP contribution is -2.35. The van der Waals surface area contributed by atoms with Crippen LogP contribution in [0, 0.1) is 21.7 Å². The van der Waals surface area contributed by atoms with Crippen LogP contribution >= 0.6 is 0 Å². The summed E-state index contributed by atoms with van der Waals surface area (Å²) in [7, 11) is 0. The average molecular weight is 356 g/mol. The summed E-state index contributed by atoms with van der Waals surface area (Å²) in [5.74, 6) is -0.296. The molecule has 0 aliphatic rings. The first-order valence-corrected chi connectivity index (χ1v) is 9.25. The van der Waals surface area contributed by atoms with Crippen molar-refractivity contribution in [1.29, 1.82) is 0 Å². The fourth-order valence-electron chi connectivity index (χ4n) is 3.58. The van der Waals surface area contributed by atoms with Gasteiger partial charge in [0.15, 0.2) is 0 Å². The Morgan fingerprint density at radius 3 is 1.80 bits per heavy atom. The van der Waals surface area contributed by atoms with Crippen LogP contribution < -0.4 is 5.73 Å². The van der Waals surface area contributed by atoms with Gasteiger partial charge in [-0.1, -0.05) is 60.6 Å². The van der Waals surface area contributed by atoms with Crippen LogP contribution in [0.5, 0.6) is 0 Å². The van der Waals surface area contributed by atoms with Crippen LogP contribution in [0.3, 0.4) is 0 Å². The Labute approximate surface area is 155 Å². The summed E-state index contributed by atoms with van der Waals surface area (Å²) >= 11 is 0. The van der Waals surface area contributed by atoms with Crippen LogP contribution in [0.2, 0.25) is 0 Å². The minimum Gasteiger partial charge on any atom is -0.462 e. The number of hydrogen-bond acceptors (Lipinski definition) is 4. The third-order valence-electron chi connectivity index (χ3n) is 4.10. The summed E-state index contributed by atoms with van der Waals surface area (Å²) in [5, 5.41) is 9.46. The zero-order valence-electron chi connectivity index (χ0n) is 17.9. The Morgan fingerprint density at radius 2 is 1.40 bits per heavy atom. The number of esters is 1. The van der Waals surface area contributed by atoms with Gasteiger partial charge >= 0.3 is 5.97 Å². The van der Waals surface area contributed by atoms with E-state index in [1.807, 2.05) is 13.8 Å². The molecule has 0 fully saturated rings. The van der Waals surface area contributed by atoms with Crippen molar-refractivity contribution >= 4 is 5.97 Å². The topological polar surface area (TPSA) is 72.5 Å². The van der Waals surface area contributed by atoms with Crippen molar-refractivity contribution in [2.24, 2.45) is 27.4 Å². The summed E-state index contributed by atoms with van der Waals surface area (Å²) < 4.78 is 5.22. The Hall–Kier alpha value is -0.870. The zero-order valence-corrected chi connectivity index (χ0v) is 17.9. The highest BCUT2D eigenvalue weighted by atomic mass is 16.5. The largest absolute Gasteiger partial charge is 0.462 e. The molecule has 0 saturated carbocycles. The van der Waals surface area contributed by atoms with Crippen molar-refractivity contribution in [3.63, 3.8) is 0 Å². The van der Waals surface area contributed by atoms with E-state index in [0.29, 0.717) is 6.42 Å². The summed E-state index contributed by atoms with van der Waals surface area (Å²) in [6, 6.07) is 0. The van der Waals surface area contributed by atoms with E-state index in [9.17, 15) is 9.90 Å². The van der Waals surface area contributed by atoms with E-state index in [0.717, 1.165) is 6.42 Å². The first-order valence-electron chi connectivity index (χ1n) is 9.25. The molecular weight excluding hydrogens is 314 g/mol. The highest BCUT2D eigenvalue weighted by Gasteiger charge is 2.35. The predicted octanol–water partition coefficient (Wildman–Crippen LogP) is 4.31. The SMILES string of the molecule is CC(C)(C)CC(C)(C)C=CC(C)(C)CC(C)(C)C(=O)OCC(O)CN. The maximum absolute atomic E-state index is 12.4. The average Bonchev–Trinajstić information content (AvgIpc) is 2.38. The highest BCUT2D eigenvalue weighted by molar-refractivity contribution is 5.76. The van der Waals surface area contributed by atoms with Crippen molar-refractivity contribution in [3.05, 3.63) is 12.2 Å². The number of carbonyl (C=O) groups is 1. The number of nitrogens with two attached hydrogens (primary N) is 1. The van der Waals surface area contributed by atoms with Crippen LogP contribution in [0.1, 0.15) is 75.2 Å². The summed E-state index contributed by atoms with van der Waals surface area (Å²) in [6.07, 6.45) is 5.46. The molecule has 0 aromatic heterocycles.